The van der Waals surface area contributed by atoms with Gasteiger partial charge in [0.25, 0.3) is 5.91 Å². The summed E-state index contributed by atoms with van der Waals surface area (Å²) in [6, 6.07) is 6.45. The summed E-state index contributed by atoms with van der Waals surface area (Å²) in [5.74, 6) is -0.443. The van der Waals surface area contributed by atoms with E-state index in [1.807, 2.05) is 13.0 Å². The lowest BCUT2D eigenvalue weighted by molar-refractivity contribution is 0.102. The number of anilines is 1. The first kappa shape index (κ1) is 15.0. The molecule has 0 radical (unpaired) electrons. The van der Waals surface area contributed by atoms with Crippen molar-refractivity contribution in [3.05, 3.63) is 45.8 Å². The number of rotatable bonds is 3. The minimum absolute atomic E-state index is 0.0577. The number of carbonyl (C=O) groups excluding carboxylic acids is 1. The van der Waals surface area contributed by atoms with Crippen LogP contribution in [-0.4, -0.2) is 14.3 Å². The van der Waals surface area contributed by atoms with Crippen molar-refractivity contribution in [3.63, 3.8) is 0 Å². The van der Waals surface area contributed by atoms with Gasteiger partial charge in [-0.1, -0.05) is 17.7 Å². The molecule has 0 aliphatic carbocycles. The number of benzene rings is 1. The van der Waals surface area contributed by atoms with Crippen LogP contribution in [-0.2, 0) is 10.0 Å². The fourth-order valence-corrected chi connectivity index (χ4v) is 3.37. The molecule has 0 atom stereocenters. The molecule has 1 aromatic heterocycles. The topological polar surface area (TPSA) is 89.3 Å². The van der Waals surface area contributed by atoms with Crippen LogP contribution < -0.4 is 10.5 Å². The third kappa shape index (κ3) is 3.37. The molecular weight excluding hydrogens is 320 g/mol. The van der Waals surface area contributed by atoms with Gasteiger partial charge >= 0.3 is 0 Å². The van der Waals surface area contributed by atoms with Crippen LogP contribution in [0.3, 0.4) is 0 Å². The van der Waals surface area contributed by atoms with E-state index in [-0.39, 0.29) is 9.77 Å². The molecular formula is C12H11ClN2O3S2. The molecule has 0 unspecified atom stereocenters. The zero-order chi connectivity index (χ0) is 14.9. The average molecular weight is 331 g/mol. The van der Waals surface area contributed by atoms with Crippen molar-refractivity contribution < 1.29 is 13.2 Å². The van der Waals surface area contributed by atoms with Crippen molar-refractivity contribution in [2.75, 3.05) is 5.32 Å². The molecule has 2 aromatic rings. The smallest absolute Gasteiger partial charge is 0.256 e. The molecule has 106 valence electrons. The van der Waals surface area contributed by atoms with Gasteiger partial charge in [-0.3, -0.25) is 4.79 Å². The van der Waals surface area contributed by atoms with Gasteiger partial charge in [-0.2, -0.15) is 0 Å². The highest BCUT2D eigenvalue weighted by Gasteiger charge is 2.16. The summed E-state index contributed by atoms with van der Waals surface area (Å²) >= 11 is 6.91. The number of hydrogen-bond acceptors (Lipinski definition) is 4. The summed E-state index contributed by atoms with van der Waals surface area (Å²) in [6.07, 6.45) is 0. The number of hydrogen-bond donors (Lipinski definition) is 2. The van der Waals surface area contributed by atoms with E-state index in [1.165, 1.54) is 11.4 Å². The van der Waals surface area contributed by atoms with Gasteiger partial charge in [-0.05, 0) is 30.7 Å². The van der Waals surface area contributed by atoms with Crippen LogP contribution in [0, 0.1) is 6.92 Å². The van der Waals surface area contributed by atoms with Gasteiger partial charge in [0.2, 0.25) is 10.0 Å². The Hall–Kier alpha value is -1.41. The van der Waals surface area contributed by atoms with E-state index in [4.69, 9.17) is 16.7 Å². The molecule has 8 heteroatoms. The van der Waals surface area contributed by atoms with Crippen molar-refractivity contribution in [1.82, 2.24) is 0 Å². The number of amides is 1. The second-order valence-corrected chi connectivity index (χ2v) is 7.24. The van der Waals surface area contributed by atoms with Gasteiger partial charge in [-0.15, -0.1) is 11.3 Å². The summed E-state index contributed by atoms with van der Waals surface area (Å²) in [5.41, 5.74) is 1.65. The van der Waals surface area contributed by atoms with Crippen molar-refractivity contribution in [3.8, 4) is 0 Å². The summed E-state index contributed by atoms with van der Waals surface area (Å²) < 4.78 is 22.3. The second-order valence-electron chi connectivity index (χ2n) is 4.14. The highest BCUT2D eigenvalue weighted by atomic mass is 35.5. The Balaban J connectivity index is 2.22. The molecule has 0 spiro atoms. The number of carbonyl (C=O) groups is 1. The van der Waals surface area contributed by atoms with Crippen molar-refractivity contribution >= 4 is 44.6 Å². The van der Waals surface area contributed by atoms with Crippen LogP contribution in [0.2, 0.25) is 5.02 Å². The lowest BCUT2D eigenvalue weighted by atomic mass is 10.2. The Labute approximate surface area is 125 Å². The fraction of sp³-hybridized carbons (Fsp3) is 0.0833. The normalized spacial score (nSPS) is 11.3. The van der Waals surface area contributed by atoms with E-state index in [0.29, 0.717) is 10.7 Å². The summed E-state index contributed by atoms with van der Waals surface area (Å²) in [5, 5.41) is 9.46. The number of nitrogens with two attached hydrogens (primary N) is 1. The van der Waals surface area contributed by atoms with Crippen LogP contribution >= 0.6 is 22.9 Å². The van der Waals surface area contributed by atoms with Crippen molar-refractivity contribution in [1.29, 1.82) is 0 Å². The van der Waals surface area contributed by atoms with Crippen molar-refractivity contribution in [2.45, 2.75) is 11.1 Å². The van der Waals surface area contributed by atoms with E-state index in [2.05, 4.69) is 5.32 Å². The standard InChI is InChI=1S/C12H11ClN2O3S2/c1-7-2-3-10(9(13)4-7)15-12(16)8-5-11(19-6-8)20(14,17)18/h2-6H,1H3,(H,15,16)(H2,14,17,18). The van der Waals surface area contributed by atoms with Crippen LogP contribution in [0.5, 0.6) is 0 Å². The van der Waals surface area contributed by atoms with Crippen molar-refractivity contribution in [2.24, 2.45) is 5.14 Å². The predicted molar refractivity (Wildman–Crippen MR) is 79.8 cm³/mol. The van der Waals surface area contributed by atoms with Crippen LogP contribution in [0.4, 0.5) is 5.69 Å². The Morgan fingerprint density at radius 3 is 2.60 bits per heavy atom. The van der Waals surface area contributed by atoms with Gasteiger partial charge < -0.3 is 5.32 Å². The number of thiophene rings is 1. The van der Waals surface area contributed by atoms with Crippen LogP contribution in [0.15, 0.2) is 33.9 Å². The zero-order valence-electron chi connectivity index (χ0n) is 10.4. The lowest BCUT2D eigenvalue weighted by Crippen LogP contribution is -2.12. The fourth-order valence-electron chi connectivity index (χ4n) is 1.50. The minimum Gasteiger partial charge on any atom is -0.321 e. The molecule has 0 saturated heterocycles. The first-order chi connectivity index (χ1) is 9.27. The number of nitrogens with one attached hydrogen (secondary N) is 1. The Morgan fingerprint density at radius 1 is 1.35 bits per heavy atom. The number of aryl methyl sites for hydroxylation is 1. The largest absolute Gasteiger partial charge is 0.321 e. The first-order valence-corrected chi connectivity index (χ1v) is 8.26. The molecule has 0 bridgehead atoms. The number of primary sulfonamides is 1. The van der Waals surface area contributed by atoms with Gasteiger partial charge in [0.1, 0.15) is 4.21 Å². The van der Waals surface area contributed by atoms with E-state index >= 15 is 0 Å². The maximum atomic E-state index is 12.0. The first-order valence-electron chi connectivity index (χ1n) is 5.46. The molecule has 1 heterocycles. The predicted octanol–water partition coefficient (Wildman–Crippen LogP) is 2.61. The van der Waals surface area contributed by atoms with Crippen LogP contribution in [0.1, 0.15) is 15.9 Å². The quantitative estimate of drug-likeness (QED) is 0.906. The highest BCUT2D eigenvalue weighted by molar-refractivity contribution is 7.91. The maximum absolute atomic E-state index is 12.0. The van der Waals surface area contributed by atoms with E-state index in [0.717, 1.165) is 16.9 Å². The van der Waals surface area contributed by atoms with E-state index < -0.39 is 15.9 Å². The molecule has 20 heavy (non-hydrogen) atoms. The third-order valence-electron chi connectivity index (χ3n) is 2.49. The Morgan fingerprint density at radius 2 is 2.05 bits per heavy atom. The molecule has 2 rings (SSSR count). The van der Waals surface area contributed by atoms with E-state index in [1.54, 1.807) is 12.1 Å². The zero-order valence-corrected chi connectivity index (χ0v) is 12.8. The summed E-state index contributed by atoms with van der Waals surface area (Å²) in [7, 11) is -3.79. The molecule has 1 aromatic carbocycles. The Kier molecular flexibility index (Phi) is 4.14. The molecule has 0 aliphatic heterocycles. The number of sulfonamides is 1. The second kappa shape index (κ2) is 5.53. The molecule has 3 N–H and O–H groups in total. The molecule has 0 aliphatic rings. The Bertz CT molecular complexity index is 769. The van der Waals surface area contributed by atoms with Crippen LogP contribution in [0.25, 0.3) is 0 Å². The minimum atomic E-state index is -3.79. The molecule has 5 nitrogen and oxygen atoms in total. The van der Waals surface area contributed by atoms with Gasteiger partial charge in [0, 0.05) is 5.38 Å². The molecule has 1 amide bonds. The third-order valence-corrected chi connectivity index (χ3v) is 5.19. The maximum Gasteiger partial charge on any atom is 0.256 e. The number of halogens is 1. The van der Waals surface area contributed by atoms with Gasteiger partial charge in [0.05, 0.1) is 16.3 Å². The van der Waals surface area contributed by atoms with Gasteiger partial charge in [-0.25, -0.2) is 13.6 Å². The van der Waals surface area contributed by atoms with E-state index in [9.17, 15) is 13.2 Å². The van der Waals surface area contributed by atoms with Gasteiger partial charge in [0.15, 0.2) is 0 Å². The SMILES string of the molecule is Cc1ccc(NC(=O)c2csc(S(N)(=O)=O)c2)c(Cl)c1. The summed E-state index contributed by atoms with van der Waals surface area (Å²) in [6.45, 7) is 1.88. The average Bonchev–Trinajstić information content (AvgIpc) is 2.82. The molecule has 0 saturated carbocycles. The summed E-state index contributed by atoms with van der Waals surface area (Å²) in [4.78, 5) is 12.0. The highest BCUT2D eigenvalue weighted by Crippen LogP contribution is 2.24. The molecule has 0 fully saturated rings. The monoisotopic (exact) mass is 330 g/mol. The lowest BCUT2D eigenvalue weighted by Gasteiger charge is -2.06.